The molecular formula is C15H23ClN2O2. The highest BCUT2D eigenvalue weighted by Crippen LogP contribution is 2.23. The minimum absolute atomic E-state index is 0. The average Bonchev–Trinajstić information content (AvgIpc) is 2.85. The number of hydrogen-bond acceptors (Lipinski definition) is 3. The molecule has 1 aromatic rings. The van der Waals surface area contributed by atoms with Crippen LogP contribution in [0.2, 0.25) is 0 Å². The number of nitrogens with two attached hydrogens (primary N) is 1. The van der Waals surface area contributed by atoms with Crippen molar-refractivity contribution >= 4 is 18.3 Å². The van der Waals surface area contributed by atoms with Gasteiger partial charge in [0.1, 0.15) is 0 Å². The molecule has 2 unspecified atom stereocenters. The zero-order valence-electron chi connectivity index (χ0n) is 11.7. The summed E-state index contributed by atoms with van der Waals surface area (Å²) in [6.07, 6.45) is 3.15. The fraction of sp³-hybridized carbons (Fsp3) is 0.533. The van der Waals surface area contributed by atoms with E-state index in [0.717, 1.165) is 24.8 Å². The molecule has 3 N–H and O–H groups in total. The normalized spacial score (nSPS) is 22.9. The van der Waals surface area contributed by atoms with Gasteiger partial charge in [-0.1, -0.05) is 30.3 Å². The standard InChI is InChI=1S/C15H22N2O2.ClH/c1-11(16)15(18)17-13-8-5-9-14(13)19-10-12-6-3-2-4-7-12;/h2-4,6-7,11,13-14H,5,8-10,16H2,1H3,(H,17,18);1H/t11-,13?,14?;/m1./s1. The highest BCUT2D eigenvalue weighted by molar-refractivity contribution is 5.85. The van der Waals surface area contributed by atoms with E-state index in [-0.39, 0.29) is 30.5 Å². The average molecular weight is 299 g/mol. The first-order chi connectivity index (χ1) is 9.16. The predicted octanol–water partition coefficient (Wildman–Crippen LogP) is 2.01. The fourth-order valence-electron chi connectivity index (χ4n) is 2.38. The summed E-state index contributed by atoms with van der Waals surface area (Å²) in [5.74, 6) is -0.0970. The summed E-state index contributed by atoms with van der Waals surface area (Å²) >= 11 is 0. The first-order valence-corrected chi connectivity index (χ1v) is 6.88. The molecule has 1 amide bonds. The molecule has 20 heavy (non-hydrogen) atoms. The van der Waals surface area contributed by atoms with Crippen molar-refractivity contribution in [1.29, 1.82) is 0 Å². The van der Waals surface area contributed by atoms with Gasteiger partial charge in [0.2, 0.25) is 5.91 Å². The summed E-state index contributed by atoms with van der Waals surface area (Å²) in [5.41, 5.74) is 6.73. The van der Waals surface area contributed by atoms with Crippen LogP contribution < -0.4 is 11.1 Å². The monoisotopic (exact) mass is 298 g/mol. The van der Waals surface area contributed by atoms with Gasteiger partial charge in [0.25, 0.3) is 0 Å². The van der Waals surface area contributed by atoms with Crippen molar-refractivity contribution < 1.29 is 9.53 Å². The Bertz CT molecular complexity index is 412. The molecule has 0 bridgehead atoms. The first-order valence-electron chi connectivity index (χ1n) is 6.88. The number of nitrogens with one attached hydrogen (secondary N) is 1. The Labute approximate surface area is 126 Å². The number of halogens is 1. The van der Waals surface area contributed by atoms with Crippen molar-refractivity contribution in [3.63, 3.8) is 0 Å². The second kappa shape index (κ2) is 8.25. The summed E-state index contributed by atoms with van der Waals surface area (Å²) in [5, 5.41) is 2.98. The number of carbonyl (C=O) groups excluding carboxylic acids is 1. The molecule has 1 aliphatic carbocycles. The highest BCUT2D eigenvalue weighted by atomic mass is 35.5. The topological polar surface area (TPSA) is 64.4 Å². The summed E-state index contributed by atoms with van der Waals surface area (Å²) < 4.78 is 5.93. The van der Waals surface area contributed by atoms with E-state index in [0.29, 0.717) is 6.61 Å². The predicted molar refractivity (Wildman–Crippen MR) is 81.7 cm³/mol. The maximum Gasteiger partial charge on any atom is 0.236 e. The van der Waals surface area contributed by atoms with Gasteiger partial charge in [-0.15, -0.1) is 12.4 Å². The van der Waals surface area contributed by atoms with E-state index < -0.39 is 6.04 Å². The molecule has 0 radical (unpaired) electrons. The third-order valence-corrected chi connectivity index (χ3v) is 3.50. The lowest BCUT2D eigenvalue weighted by atomic mass is 10.2. The van der Waals surface area contributed by atoms with E-state index in [4.69, 9.17) is 10.5 Å². The van der Waals surface area contributed by atoms with Crippen LogP contribution in [-0.2, 0) is 16.1 Å². The van der Waals surface area contributed by atoms with E-state index in [2.05, 4.69) is 5.32 Å². The van der Waals surface area contributed by atoms with Crippen molar-refractivity contribution in [3.05, 3.63) is 35.9 Å². The lowest BCUT2D eigenvalue weighted by Crippen LogP contribution is -2.47. The molecule has 1 aliphatic rings. The Morgan fingerprint density at radius 3 is 2.75 bits per heavy atom. The Hall–Kier alpha value is -1.10. The molecule has 0 aliphatic heterocycles. The van der Waals surface area contributed by atoms with Gasteiger partial charge in [0.05, 0.1) is 24.8 Å². The SMILES string of the molecule is C[C@@H](N)C(=O)NC1CCCC1OCc1ccccc1.Cl. The molecule has 112 valence electrons. The van der Waals surface area contributed by atoms with Crippen LogP contribution in [0.25, 0.3) is 0 Å². The maximum atomic E-state index is 11.6. The maximum absolute atomic E-state index is 11.6. The molecule has 5 heteroatoms. The van der Waals surface area contributed by atoms with Crippen molar-refractivity contribution in [2.75, 3.05) is 0 Å². The van der Waals surface area contributed by atoms with Crippen LogP contribution in [0.4, 0.5) is 0 Å². The molecule has 0 heterocycles. The first kappa shape index (κ1) is 17.0. The minimum Gasteiger partial charge on any atom is -0.371 e. The van der Waals surface area contributed by atoms with Gasteiger partial charge in [-0.05, 0) is 31.7 Å². The lowest BCUT2D eigenvalue weighted by Gasteiger charge is -2.22. The summed E-state index contributed by atoms with van der Waals surface area (Å²) in [7, 11) is 0. The van der Waals surface area contributed by atoms with Crippen LogP contribution in [0.15, 0.2) is 30.3 Å². The van der Waals surface area contributed by atoms with E-state index in [1.165, 1.54) is 0 Å². The van der Waals surface area contributed by atoms with Gasteiger partial charge < -0.3 is 15.8 Å². The van der Waals surface area contributed by atoms with Crippen LogP contribution in [0.1, 0.15) is 31.7 Å². The fourth-order valence-corrected chi connectivity index (χ4v) is 2.38. The zero-order valence-corrected chi connectivity index (χ0v) is 12.6. The molecule has 1 aromatic carbocycles. The molecule has 3 atom stereocenters. The highest BCUT2D eigenvalue weighted by Gasteiger charge is 2.29. The molecule has 1 saturated carbocycles. The van der Waals surface area contributed by atoms with E-state index in [1.54, 1.807) is 6.92 Å². The molecule has 4 nitrogen and oxygen atoms in total. The van der Waals surface area contributed by atoms with Crippen molar-refractivity contribution in [1.82, 2.24) is 5.32 Å². The van der Waals surface area contributed by atoms with Crippen LogP contribution in [-0.4, -0.2) is 24.1 Å². The summed E-state index contributed by atoms with van der Waals surface area (Å²) in [4.78, 5) is 11.6. The van der Waals surface area contributed by atoms with Gasteiger partial charge in [0.15, 0.2) is 0 Å². The second-order valence-corrected chi connectivity index (χ2v) is 5.17. The minimum atomic E-state index is -0.463. The lowest BCUT2D eigenvalue weighted by molar-refractivity contribution is -0.123. The van der Waals surface area contributed by atoms with Crippen LogP contribution in [0.5, 0.6) is 0 Å². The summed E-state index contributed by atoms with van der Waals surface area (Å²) in [6.45, 7) is 2.29. The number of carbonyl (C=O) groups is 1. The van der Waals surface area contributed by atoms with Gasteiger partial charge in [-0.2, -0.15) is 0 Å². The van der Waals surface area contributed by atoms with Crippen LogP contribution in [0, 0.1) is 0 Å². The Balaban J connectivity index is 0.00000200. The summed E-state index contributed by atoms with van der Waals surface area (Å²) in [6, 6.07) is 9.73. The number of benzene rings is 1. The molecule has 1 fully saturated rings. The Morgan fingerprint density at radius 1 is 1.40 bits per heavy atom. The van der Waals surface area contributed by atoms with Gasteiger partial charge in [-0.25, -0.2) is 0 Å². The van der Waals surface area contributed by atoms with Gasteiger partial charge >= 0.3 is 0 Å². The van der Waals surface area contributed by atoms with Crippen LogP contribution in [0.3, 0.4) is 0 Å². The number of amides is 1. The van der Waals surface area contributed by atoms with E-state index in [1.807, 2.05) is 30.3 Å². The van der Waals surface area contributed by atoms with E-state index in [9.17, 15) is 4.79 Å². The molecule has 2 rings (SSSR count). The third-order valence-electron chi connectivity index (χ3n) is 3.50. The number of hydrogen-bond donors (Lipinski definition) is 2. The van der Waals surface area contributed by atoms with Crippen molar-refractivity contribution in [2.24, 2.45) is 5.73 Å². The second-order valence-electron chi connectivity index (χ2n) is 5.17. The molecule has 0 aromatic heterocycles. The number of ether oxygens (including phenoxy) is 1. The molecular weight excluding hydrogens is 276 g/mol. The quantitative estimate of drug-likeness (QED) is 0.874. The Kier molecular flexibility index (Phi) is 6.99. The third kappa shape index (κ3) is 4.78. The van der Waals surface area contributed by atoms with Gasteiger partial charge in [0, 0.05) is 0 Å². The molecule has 0 spiro atoms. The Morgan fingerprint density at radius 2 is 2.10 bits per heavy atom. The van der Waals surface area contributed by atoms with Crippen LogP contribution >= 0.6 is 12.4 Å². The van der Waals surface area contributed by atoms with Crippen molar-refractivity contribution in [2.45, 2.75) is 51.0 Å². The smallest absolute Gasteiger partial charge is 0.236 e. The largest absolute Gasteiger partial charge is 0.371 e. The molecule has 0 saturated heterocycles. The zero-order chi connectivity index (χ0) is 13.7. The van der Waals surface area contributed by atoms with Crippen molar-refractivity contribution in [3.8, 4) is 0 Å². The van der Waals surface area contributed by atoms with Gasteiger partial charge in [-0.3, -0.25) is 4.79 Å². The number of rotatable bonds is 5. The van der Waals surface area contributed by atoms with E-state index >= 15 is 0 Å².